The molecule has 0 aliphatic carbocycles. The Labute approximate surface area is 85.9 Å². The number of hydrogen-bond acceptors (Lipinski definition) is 3. The second-order valence-electron chi connectivity index (χ2n) is 3.40. The third-order valence-corrected chi connectivity index (χ3v) is 2.53. The topological polar surface area (TPSA) is 49.8 Å². The van der Waals surface area contributed by atoms with Crippen molar-refractivity contribution in [3.05, 3.63) is 0 Å². The highest BCUT2D eigenvalue weighted by Gasteiger charge is 2.27. The number of aliphatic carboxylic acids is 1. The van der Waals surface area contributed by atoms with Crippen molar-refractivity contribution < 1.29 is 14.6 Å². The van der Waals surface area contributed by atoms with Crippen molar-refractivity contribution in [1.29, 1.82) is 0 Å². The summed E-state index contributed by atoms with van der Waals surface area (Å²) in [6, 6.07) is -0.254. The van der Waals surface area contributed by atoms with E-state index in [-0.39, 0.29) is 12.6 Å². The van der Waals surface area contributed by atoms with E-state index in [9.17, 15) is 4.79 Å². The summed E-state index contributed by atoms with van der Waals surface area (Å²) in [5, 5.41) is 9.03. The van der Waals surface area contributed by atoms with Gasteiger partial charge in [0.25, 0.3) is 0 Å². The average molecular weight is 203 g/mol. The molecule has 0 rings (SSSR count). The van der Waals surface area contributed by atoms with Crippen LogP contribution in [-0.4, -0.2) is 48.3 Å². The summed E-state index contributed by atoms with van der Waals surface area (Å²) in [6.07, 6.45) is 0.946. The first-order valence-electron chi connectivity index (χ1n) is 5.05. The van der Waals surface area contributed by atoms with Gasteiger partial charge in [0.1, 0.15) is 6.04 Å². The SMILES string of the molecule is CCC(C)N(CC)C(COC)C(=O)O. The molecule has 0 saturated carbocycles. The summed E-state index contributed by atoms with van der Waals surface area (Å²) < 4.78 is 4.92. The van der Waals surface area contributed by atoms with Crippen LogP contribution in [0.15, 0.2) is 0 Å². The van der Waals surface area contributed by atoms with Crippen LogP contribution in [0.4, 0.5) is 0 Å². The second-order valence-corrected chi connectivity index (χ2v) is 3.40. The van der Waals surface area contributed by atoms with Crippen molar-refractivity contribution in [1.82, 2.24) is 4.90 Å². The molecule has 4 nitrogen and oxygen atoms in total. The molecule has 0 spiro atoms. The van der Waals surface area contributed by atoms with Crippen LogP contribution in [0.1, 0.15) is 27.2 Å². The number of nitrogens with zero attached hydrogens (tertiary/aromatic N) is 1. The first kappa shape index (κ1) is 13.4. The van der Waals surface area contributed by atoms with E-state index in [1.807, 2.05) is 18.7 Å². The Morgan fingerprint density at radius 1 is 1.50 bits per heavy atom. The van der Waals surface area contributed by atoms with Gasteiger partial charge in [0.15, 0.2) is 0 Å². The Morgan fingerprint density at radius 3 is 2.36 bits per heavy atom. The molecule has 0 amide bonds. The zero-order valence-electron chi connectivity index (χ0n) is 9.49. The normalized spacial score (nSPS) is 15.5. The number of carboxylic acid groups (broad SMARTS) is 1. The van der Waals surface area contributed by atoms with Gasteiger partial charge in [-0.15, -0.1) is 0 Å². The van der Waals surface area contributed by atoms with E-state index in [1.165, 1.54) is 7.11 Å². The molecule has 14 heavy (non-hydrogen) atoms. The van der Waals surface area contributed by atoms with Crippen molar-refractivity contribution in [2.24, 2.45) is 0 Å². The van der Waals surface area contributed by atoms with Gasteiger partial charge in [-0.2, -0.15) is 0 Å². The predicted molar refractivity (Wildman–Crippen MR) is 55.4 cm³/mol. The van der Waals surface area contributed by atoms with Gasteiger partial charge in [0.05, 0.1) is 6.61 Å². The molecule has 0 fully saturated rings. The monoisotopic (exact) mass is 203 g/mol. The van der Waals surface area contributed by atoms with Crippen molar-refractivity contribution >= 4 is 5.97 Å². The van der Waals surface area contributed by atoms with Crippen LogP contribution in [0.5, 0.6) is 0 Å². The van der Waals surface area contributed by atoms with Gasteiger partial charge >= 0.3 is 5.97 Å². The van der Waals surface area contributed by atoms with Crippen molar-refractivity contribution in [3.63, 3.8) is 0 Å². The fraction of sp³-hybridized carbons (Fsp3) is 0.900. The summed E-state index contributed by atoms with van der Waals surface area (Å²) >= 11 is 0. The number of likely N-dealkylation sites (N-methyl/N-ethyl adjacent to an activating group) is 1. The smallest absolute Gasteiger partial charge is 0.323 e. The molecule has 0 bridgehead atoms. The molecule has 0 radical (unpaired) electrons. The third-order valence-electron chi connectivity index (χ3n) is 2.53. The molecule has 0 aromatic carbocycles. The molecule has 2 atom stereocenters. The van der Waals surface area contributed by atoms with E-state index in [1.54, 1.807) is 0 Å². The Hall–Kier alpha value is -0.610. The zero-order chi connectivity index (χ0) is 11.1. The van der Waals surface area contributed by atoms with Gasteiger partial charge in [-0.05, 0) is 19.9 Å². The van der Waals surface area contributed by atoms with Crippen LogP contribution >= 0.6 is 0 Å². The number of carboxylic acids is 1. The molecular weight excluding hydrogens is 182 g/mol. The minimum Gasteiger partial charge on any atom is -0.480 e. The maximum atomic E-state index is 11.0. The van der Waals surface area contributed by atoms with Crippen LogP contribution < -0.4 is 0 Å². The van der Waals surface area contributed by atoms with Gasteiger partial charge in [0.2, 0.25) is 0 Å². The van der Waals surface area contributed by atoms with Gasteiger partial charge in [-0.3, -0.25) is 9.69 Å². The minimum absolute atomic E-state index is 0.244. The first-order chi connectivity index (χ1) is 6.58. The number of hydrogen-bond donors (Lipinski definition) is 1. The molecule has 2 unspecified atom stereocenters. The van der Waals surface area contributed by atoms with Gasteiger partial charge in [-0.25, -0.2) is 0 Å². The van der Waals surface area contributed by atoms with Crippen LogP contribution in [0, 0.1) is 0 Å². The Kier molecular flexibility index (Phi) is 6.49. The number of rotatable bonds is 7. The Morgan fingerprint density at radius 2 is 2.07 bits per heavy atom. The summed E-state index contributed by atoms with van der Waals surface area (Å²) in [6.45, 7) is 7.04. The lowest BCUT2D eigenvalue weighted by molar-refractivity contribution is -0.146. The average Bonchev–Trinajstić information content (AvgIpc) is 2.16. The first-order valence-corrected chi connectivity index (χ1v) is 5.05. The molecular formula is C10H21NO3. The van der Waals surface area contributed by atoms with Gasteiger partial charge < -0.3 is 9.84 Å². The van der Waals surface area contributed by atoms with Gasteiger partial charge in [0, 0.05) is 13.2 Å². The van der Waals surface area contributed by atoms with E-state index in [4.69, 9.17) is 9.84 Å². The minimum atomic E-state index is -0.811. The molecule has 0 saturated heterocycles. The maximum absolute atomic E-state index is 11.0. The maximum Gasteiger partial charge on any atom is 0.323 e. The molecule has 0 aromatic rings. The highest BCUT2D eigenvalue weighted by atomic mass is 16.5. The number of methoxy groups -OCH3 is 1. The second kappa shape index (κ2) is 6.79. The Bertz CT molecular complexity index is 173. The van der Waals surface area contributed by atoms with E-state index < -0.39 is 12.0 Å². The van der Waals surface area contributed by atoms with Crippen LogP contribution in [0.2, 0.25) is 0 Å². The van der Waals surface area contributed by atoms with Crippen LogP contribution in [0.25, 0.3) is 0 Å². The molecule has 1 N–H and O–H groups in total. The molecule has 0 heterocycles. The summed E-state index contributed by atoms with van der Waals surface area (Å²) in [4.78, 5) is 12.9. The molecule has 0 aromatic heterocycles. The quantitative estimate of drug-likeness (QED) is 0.675. The molecule has 0 aliphatic rings. The number of ether oxygens (including phenoxy) is 1. The molecule has 4 heteroatoms. The van der Waals surface area contributed by atoms with Crippen molar-refractivity contribution in [2.75, 3.05) is 20.3 Å². The van der Waals surface area contributed by atoms with E-state index >= 15 is 0 Å². The molecule has 84 valence electrons. The fourth-order valence-corrected chi connectivity index (χ4v) is 1.54. The summed E-state index contributed by atoms with van der Waals surface area (Å²) in [5.41, 5.74) is 0. The van der Waals surface area contributed by atoms with Crippen LogP contribution in [-0.2, 0) is 9.53 Å². The zero-order valence-corrected chi connectivity index (χ0v) is 9.49. The predicted octanol–water partition coefficient (Wildman–Crippen LogP) is 1.21. The lowest BCUT2D eigenvalue weighted by Gasteiger charge is -2.32. The summed E-state index contributed by atoms with van der Waals surface area (Å²) in [5.74, 6) is -0.811. The Balaban J connectivity index is 4.48. The number of carbonyl (C=O) groups is 1. The van der Waals surface area contributed by atoms with E-state index in [0.717, 1.165) is 13.0 Å². The lowest BCUT2D eigenvalue weighted by Crippen LogP contribution is -2.48. The van der Waals surface area contributed by atoms with Crippen molar-refractivity contribution in [2.45, 2.75) is 39.3 Å². The van der Waals surface area contributed by atoms with Crippen molar-refractivity contribution in [3.8, 4) is 0 Å². The highest BCUT2D eigenvalue weighted by Crippen LogP contribution is 2.09. The highest BCUT2D eigenvalue weighted by molar-refractivity contribution is 5.73. The lowest BCUT2D eigenvalue weighted by atomic mass is 10.1. The van der Waals surface area contributed by atoms with E-state index in [0.29, 0.717) is 0 Å². The summed E-state index contributed by atoms with van der Waals surface area (Å²) in [7, 11) is 1.53. The van der Waals surface area contributed by atoms with Gasteiger partial charge in [-0.1, -0.05) is 13.8 Å². The standard InChI is InChI=1S/C10H21NO3/c1-5-8(3)11(6-2)9(7-14-4)10(12)13/h8-9H,5-7H2,1-4H3,(H,12,13). The fourth-order valence-electron chi connectivity index (χ4n) is 1.54. The van der Waals surface area contributed by atoms with Crippen LogP contribution in [0.3, 0.4) is 0 Å². The third kappa shape index (κ3) is 3.64. The molecule has 0 aliphatic heterocycles. The largest absolute Gasteiger partial charge is 0.480 e. The van der Waals surface area contributed by atoms with E-state index in [2.05, 4.69) is 6.92 Å².